The summed E-state index contributed by atoms with van der Waals surface area (Å²) in [7, 11) is 4.28. The number of amides is 1. The number of methoxy groups -OCH3 is 3. The Hall–Kier alpha value is -2.16. The van der Waals surface area contributed by atoms with Gasteiger partial charge >= 0.3 is 5.97 Å². The van der Waals surface area contributed by atoms with Crippen molar-refractivity contribution in [1.29, 1.82) is 0 Å². The molecule has 1 atom stereocenters. The van der Waals surface area contributed by atoms with Gasteiger partial charge in [0.15, 0.2) is 17.6 Å². The van der Waals surface area contributed by atoms with Gasteiger partial charge in [0.1, 0.15) is 0 Å². The van der Waals surface area contributed by atoms with E-state index in [0.717, 1.165) is 0 Å². The first-order chi connectivity index (χ1) is 13.7. The SMILES string of the molecule is COc1cc(C(=O)OC(C)C(=O)Nc2cc(Cl)ccc2Cl)c(Br)c(OC)c1OC. The molecule has 0 heterocycles. The van der Waals surface area contributed by atoms with Gasteiger partial charge in [0, 0.05) is 5.02 Å². The maximum atomic E-state index is 12.7. The van der Waals surface area contributed by atoms with E-state index in [9.17, 15) is 9.59 Å². The van der Waals surface area contributed by atoms with Gasteiger partial charge in [-0.2, -0.15) is 0 Å². The van der Waals surface area contributed by atoms with Crippen molar-refractivity contribution in [1.82, 2.24) is 0 Å². The van der Waals surface area contributed by atoms with Crippen molar-refractivity contribution in [3.63, 3.8) is 0 Å². The van der Waals surface area contributed by atoms with Crippen molar-refractivity contribution < 1.29 is 28.5 Å². The van der Waals surface area contributed by atoms with E-state index >= 15 is 0 Å². The third kappa shape index (κ3) is 5.26. The van der Waals surface area contributed by atoms with Crippen LogP contribution < -0.4 is 19.5 Å². The number of hydrogen-bond acceptors (Lipinski definition) is 6. The van der Waals surface area contributed by atoms with Crippen molar-refractivity contribution in [2.75, 3.05) is 26.6 Å². The molecule has 0 aromatic heterocycles. The predicted octanol–water partition coefficient (Wildman–Crippen LogP) is 4.97. The first-order valence-electron chi connectivity index (χ1n) is 8.18. The Morgan fingerprint density at radius 2 is 1.69 bits per heavy atom. The monoisotopic (exact) mass is 505 g/mol. The van der Waals surface area contributed by atoms with E-state index in [2.05, 4.69) is 21.2 Å². The van der Waals surface area contributed by atoms with Gasteiger partial charge in [-0.1, -0.05) is 23.2 Å². The average Bonchev–Trinajstić information content (AvgIpc) is 2.69. The van der Waals surface area contributed by atoms with E-state index in [0.29, 0.717) is 26.0 Å². The summed E-state index contributed by atoms with van der Waals surface area (Å²) in [4.78, 5) is 25.1. The fourth-order valence-corrected chi connectivity index (χ4v) is 3.33. The molecule has 0 bridgehead atoms. The van der Waals surface area contributed by atoms with Gasteiger partial charge in [0.25, 0.3) is 5.91 Å². The van der Waals surface area contributed by atoms with Gasteiger partial charge < -0.3 is 24.3 Å². The number of benzene rings is 2. The van der Waals surface area contributed by atoms with Crippen LogP contribution in [0.25, 0.3) is 0 Å². The van der Waals surface area contributed by atoms with Crippen molar-refractivity contribution in [2.24, 2.45) is 0 Å². The van der Waals surface area contributed by atoms with Crippen LogP contribution in [-0.4, -0.2) is 39.3 Å². The lowest BCUT2D eigenvalue weighted by molar-refractivity contribution is -0.123. The first kappa shape index (κ1) is 23.1. The Balaban J connectivity index is 2.23. The van der Waals surface area contributed by atoms with Gasteiger partial charge in [0.05, 0.1) is 42.1 Å². The number of rotatable bonds is 7. The van der Waals surface area contributed by atoms with Crippen molar-refractivity contribution >= 4 is 56.7 Å². The lowest BCUT2D eigenvalue weighted by atomic mass is 10.1. The van der Waals surface area contributed by atoms with Crippen LogP contribution in [0.15, 0.2) is 28.7 Å². The summed E-state index contributed by atoms with van der Waals surface area (Å²) in [6.07, 6.45) is -1.12. The lowest BCUT2D eigenvalue weighted by Crippen LogP contribution is -2.30. The third-order valence-corrected chi connectivity index (χ3v) is 5.18. The first-order valence-corrected chi connectivity index (χ1v) is 9.73. The number of esters is 1. The third-order valence-electron chi connectivity index (χ3n) is 3.83. The van der Waals surface area contributed by atoms with Crippen LogP contribution >= 0.6 is 39.1 Å². The van der Waals surface area contributed by atoms with Crippen LogP contribution in [0.3, 0.4) is 0 Å². The van der Waals surface area contributed by atoms with Crippen LogP contribution in [0.5, 0.6) is 17.2 Å². The van der Waals surface area contributed by atoms with E-state index in [1.165, 1.54) is 40.4 Å². The van der Waals surface area contributed by atoms with E-state index in [-0.39, 0.29) is 17.1 Å². The number of carbonyl (C=O) groups is 2. The maximum Gasteiger partial charge on any atom is 0.340 e. The molecule has 2 rings (SSSR count). The summed E-state index contributed by atoms with van der Waals surface area (Å²) < 4.78 is 21.4. The van der Waals surface area contributed by atoms with Gasteiger partial charge in [-0.3, -0.25) is 4.79 Å². The minimum atomic E-state index is -1.12. The molecule has 2 aromatic carbocycles. The van der Waals surface area contributed by atoms with Crippen LogP contribution in [0.1, 0.15) is 17.3 Å². The highest BCUT2D eigenvalue weighted by Crippen LogP contribution is 2.45. The number of hydrogen-bond donors (Lipinski definition) is 1. The molecule has 0 saturated heterocycles. The molecule has 1 unspecified atom stereocenters. The Morgan fingerprint density at radius 3 is 2.28 bits per heavy atom. The van der Waals surface area contributed by atoms with Crippen molar-refractivity contribution in [3.05, 3.63) is 44.3 Å². The fraction of sp³-hybridized carbons (Fsp3) is 0.263. The second-order valence-corrected chi connectivity index (χ2v) is 7.30. The standard InChI is InChI=1S/C19H18BrCl2NO6/c1-9(18(24)23-13-7-10(21)5-6-12(13)22)29-19(25)11-8-14(26-2)16(27-3)17(28-4)15(11)20/h5-9H,1-4H3,(H,23,24). The number of ether oxygens (including phenoxy) is 4. The van der Waals surface area contributed by atoms with Gasteiger partial charge in [0.2, 0.25) is 5.75 Å². The fourth-order valence-electron chi connectivity index (χ4n) is 2.37. The minimum absolute atomic E-state index is 0.0972. The Morgan fingerprint density at radius 1 is 1.03 bits per heavy atom. The Bertz CT molecular complexity index is 937. The zero-order valence-electron chi connectivity index (χ0n) is 16.0. The number of halogens is 3. The number of carbonyl (C=O) groups excluding carboxylic acids is 2. The Kier molecular flexibility index (Phi) is 8.01. The highest BCUT2D eigenvalue weighted by atomic mass is 79.9. The van der Waals surface area contributed by atoms with E-state index in [4.69, 9.17) is 42.1 Å². The molecule has 0 aliphatic rings. The summed E-state index contributed by atoms with van der Waals surface area (Å²) >= 11 is 15.2. The van der Waals surface area contributed by atoms with Crippen molar-refractivity contribution in [2.45, 2.75) is 13.0 Å². The molecule has 0 saturated carbocycles. The summed E-state index contributed by atoms with van der Waals surface area (Å²) in [5, 5.41) is 3.27. The molecular weight excluding hydrogens is 489 g/mol. The molecular formula is C19H18BrCl2NO6. The minimum Gasteiger partial charge on any atom is -0.493 e. The average molecular weight is 507 g/mol. The predicted molar refractivity (Wildman–Crippen MR) is 114 cm³/mol. The van der Waals surface area contributed by atoms with Crippen molar-refractivity contribution in [3.8, 4) is 17.2 Å². The van der Waals surface area contributed by atoms with Gasteiger partial charge in [-0.25, -0.2) is 4.79 Å². The largest absolute Gasteiger partial charge is 0.493 e. The van der Waals surface area contributed by atoms with E-state index < -0.39 is 18.0 Å². The molecule has 1 amide bonds. The lowest BCUT2D eigenvalue weighted by Gasteiger charge is -2.18. The molecule has 0 aliphatic heterocycles. The molecule has 10 heteroatoms. The zero-order valence-corrected chi connectivity index (χ0v) is 19.1. The summed E-state index contributed by atoms with van der Waals surface area (Å²) in [5.74, 6) is -0.522. The molecule has 0 aliphatic carbocycles. The maximum absolute atomic E-state index is 12.7. The summed E-state index contributed by atoms with van der Waals surface area (Å²) in [6.45, 7) is 1.43. The van der Waals surface area contributed by atoms with Gasteiger partial charge in [-0.15, -0.1) is 0 Å². The van der Waals surface area contributed by atoms with Crippen LogP contribution in [0.4, 0.5) is 5.69 Å². The topological polar surface area (TPSA) is 83.1 Å². The zero-order chi connectivity index (χ0) is 21.7. The van der Waals surface area contributed by atoms with E-state index in [1.807, 2.05) is 0 Å². The van der Waals surface area contributed by atoms with Gasteiger partial charge in [-0.05, 0) is 47.1 Å². The second kappa shape index (κ2) is 10.0. The second-order valence-electron chi connectivity index (χ2n) is 5.67. The molecule has 0 fully saturated rings. The van der Waals surface area contributed by atoms with Crippen LogP contribution in [0.2, 0.25) is 10.0 Å². The molecule has 156 valence electrons. The number of nitrogens with one attached hydrogen (secondary N) is 1. The molecule has 1 N–H and O–H groups in total. The highest BCUT2D eigenvalue weighted by Gasteiger charge is 2.26. The Labute approximate surface area is 186 Å². The molecule has 2 aromatic rings. The van der Waals surface area contributed by atoms with Crippen LogP contribution in [0, 0.1) is 0 Å². The highest BCUT2D eigenvalue weighted by molar-refractivity contribution is 9.10. The summed E-state index contributed by atoms with van der Waals surface area (Å²) in [5.41, 5.74) is 0.404. The molecule has 29 heavy (non-hydrogen) atoms. The quantitative estimate of drug-likeness (QED) is 0.534. The summed E-state index contributed by atoms with van der Waals surface area (Å²) in [6, 6.07) is 6.05. The van der Waals surface area contributed by atoms with E-state index in [1.54, 1.807) is 12.1 Å². The smallest absolute Gasteiger partial charge is 0.340 e. The number of anilines is 1. The normalized spacial score (nSPS) is 11.4. The molecule has 0 spiro atoms. The van der Waals surface area contributed by atoms with Crippen LogP contribution in [-0.2, 0) is 9.53 Å². The molecule has 7 nitrogen and oxygen atoms in total. The molecule has 0 radical (unpaired) electrons.